The molecule has 0 spiro atoms. The third-order valence-corrected chi connectivity index (χ3v) is 3.58. The lowest BCUT2D eigenvalue weighted by Gasteiger charge is -2.09. The van der Waals surface area contributed by atoms with E-state index in [0.29, 0.717) is 23.7 Å². The molecule has 0 radical (unpaired) electrons. The minimum Gasteiger partial charge on any atom is -0.496 e. The van der Waals surface area contributed by atoms with Crippen molar-refractivity contribution in [2.45, 2.75) is 6.42 Å². The summed E-state index contributed by atoms with van der Waals surface area (Å²) in [6.45, 7) is 0.0932. The van der Waals surface area contributed by atoms with E-state index < -0.39 is 4.92 Å². The van der Waals surface area contributed by atoms with Crippen LogP contribution >= 0.6 is 11.6 Å². The van der Waals surface area contributed by atoms with E-state index in [1.165, 1.54) is 25.3 Å². The average molecular weight is 365 g/mol. The number of amides is 1. The molecule has 2 aromatic carbocycles. The van der Waals surface area contributed by atoms with Crippen LogP contribution in [0.1, 0.15) is 5.56 Å². The highest BCUT2D eigenvalue weighted by molar-refractivity contribution is 6.30. The lowest BCUT2D eigenvalue weighted by atomic mass is 10.1. The van der Waals surface area contributed by atoms with Gasteiger partial charge in [0, 0.05) is 11.6 Å². The number of hydrogen-bond acceptors (Lipinski definition) is 5. The van der Waals surface area contributed by atoms with Crippen LogP contribution in [0, 0.1) is 10.1 Å². The molecule has 8 heteroatoms. The van der Waals surface area contributed by atoms with E-state index >= 15 is 0 Å². The van der Waals surface area contributed by atoms with Crippen LogP contribution in [0.3, 0.4) is 0 Å². The van der Waals surface area contributed by atoms with E-state index in [4.69, 9.17) is 21.1 Å². The summed E-state index contributed by atoms with van der Waals surface area (Å²) in [4.78, 5) is 22.3. The molecule has 0 aliphatic rings. The number of nitro benzene ring substituents is 1. The Bertz CT molecular complexity index is 766. The zero-order valence-corrected chi connectivity index (χ0v) is 14.3. The maximum absolute atomic E-state index is 11.8. The van der Waals surface area contributed by atoms with Crippen LogP contribution in [-0.2, 0) is 11.2 Å². The summed E-state index contributed by atoms with van der Waals surface area (Å²) in [6, 6.07) is 11.5. The molecule has 7 nitrogen and oxygen atoms in total. The molecule has 2 aromatic rings. The molecule has 0 saturated carbocycles. The largest absolute Gasteiger partial charge is 0.496 e. The van der Waals surface area contributed by atoms with Crippen molar-refractivity contribution in [3.8, 4) is 11.5 Å². The van der Waals surface area contributed by atoms with Gasteiger partial charge < -0.3 is 14.8 Å². The minimum absolute atomic E-state index is 0.00999. The molecule has 1 N–H and O–H groups in total. The highest BCUT2D eigenvalue weighted by Crippen LogP contribution is 2.30. The third kappa shape index (κ3) is 5.65. The van der Waals surface area contributed by atoms with Crippen molar-refractivity contribution in [2.75, 3.05) is 20.3 Å². The van der Waals surface area contributed by atoms with Crippen LogP contribution < -0.4 is 14.8 Å². The Hall–Kier alpha value is -2.80. The molecular weight excluding hydrogens is 348 g/mol. The monoisotopic (exact) mass is 364 g/mol. The number of rotatable bonds is 8. The maximum Gasteiger partial charge on any atom is 0.314 e. The van der Waals surface area contributed by atoms with Gasteiger partial charge in [0.15, 0.2) is 12.4 Å². The third-order valence-electron chi connectivity index (χ3n) is 3.35. The summed E-state index contributed by atoms with van der Waals surface area (Å²) in [6.07, 6.45) is 0.620. The van der Waals surface area contributed by atoms with Gasteiger partial charge in [-0.2, -0.15) is 0 Å². The zero-order valence-electron chi connectivity index (χ0n) is 13.5. The van der Waals surface area contributed by atoms with Gasteiger partial charge in [0.25, 0.3) is 5.91 Å². The number of nitro groups is 1. The first-order chi connectivity index (χ1) is 12.0. The first kappa shape index (κ1) is 18.5. The van der Waals surface area contributed by atoms with Crippen LogP contribution in [0.15, 0.2) is 42.5 Å². The smallest absolute Gasteiger partial charge is 0.314 e. The fourth-order valence-corrected chi connectivity index (χ4v) is 2.33. The van der Waals surface area contributed by atoms with E-state index in [0.717, 1.165) is 5.56 Å². The SMILES string of the molecule is COc1ccc(OCC(=O)NCCc2cccc(Cl)c2)c([N+](=O)[O-])c1. The predicted molar refractivity (Wildman–Crippen MR) is 93.3 cm³/mol. The van der Waals surface area contributed by atoms with Crippen molar-refractivity contribution in [1.82, 2.24) is 5.32 Å². The summed E-state index contributed by atoms with van der Waals surface area (Å²) in [5.41, 5.74) is 0.741. The first-order valence-electron chi connectivity index (χ1n) is 7.46. The van der Waals surface area contributed by atoms with Crippen LogP contribution in [0.25, 0.3) is 0 Å². The molecule has 0 aliphatic carbocycles. The van der Waals surface area contributed by atoms with Crippen molar-refractivity contribution in [3.05, 3.63) is 63.2 Å². The second-order valence-corrected chi connectivity index (χ2v) is 5.55. The van der Waals surface area contributed by atoms with Gasteiger partial charge in [-0.15, -0.1) is 0 Å². The van der Waals surface area contributed by atoms with Crippen LogP contribution in [0.4, 0.5) is 5.69 Å². The molecule has 0 unspecified atom stereocenters. The standard InChI is InChI=1S/C17H17ClN2O5/c1-24-14-5-6-16(15(10-14)20(22)23)25-11-17(21)19-8-7-12-3-2-4-13(18)9-12/h2-6,9-10H,7-8,11H2,1H3,(H,19,21). The molecule has 0 aliphatic heterocycles. The number of hydrogen-bond donors (Lipinski definition) is 1. The Labute approximate surface area is 149 Å². The van der Waals surface area contributed by atoms with Crippen molar-refractivity contribution >= 4 is 23.2 Å². The van der Waals surface area contributed by atoms with Gasteiger partial charge in [0.1, 0.15) is 5.75 Å². The Morgan fingerprint density at radius 2 is 2.08 bits per heavy atom. The predicted octanol–water partition coefficient (Wildman–Crippen LogP) is 2.99. The molecule has 1 amide bonds. The Kier molecular flexibility index (Phi) is 6.59. The number of ether oxygens (including phenoxy) is 2. The lowest BCUT2D eigenvalue weighted by Crippen LogP contribution is -2.30. The fraction of sp³-hybridized carbons (Fsp3) is 0.235. The number of nitrogens with zero attached hydrogens (tertiary/aromatic N) is 1. The van der Waals surface area contributed by atoms with E-state index in [9.17, 15) is 14.9 Å². The molecule has 0 bridgehead atoms. The number of halogens is 1. The topological polar surface area (TPSA) is 90.7 Å². The van der Waals surface area contributed by atoms with E-state index in [2.05, 4.69) is 5.32 Å². The van der Waals surface area contributed by atoms with E-state index in [1.807, 2.05) is 18.2 Å². The van der Waals surface area contributed by atoms with Gasteiger partial charge in [-0.1, -0.05) is 23.7 Å². The zero-order chi connectivity index (χ0) is 18.2. The van der Waals surface area contributed by atoms with Crippen molar-refractivity contribution in [1.29, 1.82) is 0 Å². The fourth-order valence-electron chi connectivity index (χ4n) is 2.12. The van der Waals surface area contributed by atoms with Gasteiger partial charge in [-0.3, -0.25) is 14.9 Å². The summed E-state index contributed by atoms with van der Waals surface area (Å²) in [5, 5.41) is 14.4. The van der Waals surface area contributed by atoms with Gasteiger partial charge in [-0.05, 0) is 36.2 Å². The molecule has 0 aromatic heterocycles. The number of methoxy groups -OCH3 is 1. The minimum atomic E-state index is -0.588. The van der Waals surface area contributed by atoms with E-state index in [1.54, 1.807) is 6.07 Å². The number of carbonyl (C=O) groups is 1. The highest BCUT2D eigenvalue weighted by atomic mass is 35.5. The second-order valence-electron chi connectivity index (χ2n) is 5.11. The van der Waals surface area contributed by atoms with Crippen LogP contribution in [0.2, 0.25) is 5.02 Å². The van der Waals surface area contributed by atoms with Crippen LogP contribution in [0.5, 0.6) is 11.5 Å². The molecular formula is C17H17ClN2O5. The van der Waals surface area contributed by atoms with Crippen molar-refractivity contribution in [3.63, 3.8) is 0 Å². The average Bonchev–Trinajstić information content (AvgIpc) is 2.59. The number of carbonyl (C=O) groups excluding carboxylic acids is 1. The Morgan fingerprint density at radius 3 is 2.76 bits per heavy atom. The lowest BCUT2D eigenvalue weighted by molar-refractivity contribution is -0.385. The number of nitrogens with one attached hydrogen (secondary N) is 1. The molecule has 0 heterocycles. The Morgan fingerprint density at radius 1 is 1.28 bits per heavy atom. The summed E-state index contributed by atoms with van der Waals surface area (Å²) < 4.78 is 10.2. The Balaban J connectivity index is 1.84. The molecule has 2 rings (SSSR count). The summed E-state index contributed by atoms with van der Waals surface area (Å²) in [7, 11) is 1.41. The second kappa shape index (κ2) is 8.89. The van der Waals surface area contributed by atoms with Crippen molar-refractivity contribution < 1.29 is 19.2 Å². The van der Waals surface area contributed by atoms with Gasteiger partial charge >= 0.3 is 5.69 Å². The molecule has 0 saturated heterocycles. The van der Waals surface area contributed by atoms with E-state index in [-0.39, 0.29) is 24.0 Å². The quantitative estimate of drug-likeness (QED) is 0.574. The maximum atomic E-state index is 11.8. The highest BCUT2D eigenvalue weighted by Gasteiger charge is 2.17. The molecule has 0 atom stereocenters. The molecule has 0 fully saturated rings. The van der Waals surface area contributed by atoms with Gasteiger partial charge in [0.2, 0.25) is 0 Å². The molecule has 132 valence electrons. The van der Waals surface area contributed by atoms with Crippen molar-refractivity contribution in [2.24, 2.45) is 0 Å². The van der Waals surface area contributed by atoms with Crippen LogP contribution in [-0.4, -0.2) is 31.1 Å². The summed E-state index contributed by atoms with van der Waals surface area (Å²) >= 11 is 5.89. The number of benzene rings is 2. The normalized spacial score (nSPS) is 10.2. The molecule has 25 heavy (non-hydrogen) atoms. The summed E-state index contributed by atoms with van der Waals surface area (Å²) in [5.74, 6) is -0.0204. The van der Waals surface area contributed by atoms with Gasteiger partial charge in [-0.25, -0.2) is 0 Å². The van der Waals surface area contributed by atoms with Gasteiger partial charge in [0.05, 0.1) is 18.1 Å². The first-order valence-corrected chi connectivity index (χ1v) is 7.84.